The third kappa shape index (κ3) is 2.18. The SMILES string of the molecule is O=C(O)C1CC(Nc2ncnc3sc4c(c23)CCCC4)C1. The molecule has 0 amide bonds. The highest BCUT2D eigenvalue weighted by Crippen LogP contribution is 2.39. The van der Waals surface area contributed by atoms with Crippen LogP contribution in [0.5, 0.6) is 0 Å². The van der Waals surface area contributed by atoms with Crippen LogP contribution in [0, 0.1) is 5.92 Å². The molecule has 4 rings (SSSR count). The van der Waals surface area contributed by atoms with Crippen LogP contribution < -0.4 is 5.32 Å². The van der Waals surface area contributed by atoms with Crippen LogP contribution >= 0.6 is 11.3 Å². The van der Waals surface area contributed by atoms with E-state index >= 15 is 0 Å². The molecule has 0 spiro atoms. The molecular weight excluding hydrogens is 286 g/mol. The predicted octanol–water partition coefficient (Wildman–Crippen LogP) is 2.85. The van der Waals surface area contributed by atoms with E-state index in [9.17, 15) is 4.79 Å². The molecule has 0 radical (unpaired) electrons. The summed E-state index contributed by atoms with van der Waals surface area (Å²) in [5, 5.41) is 13.6. The minimum Gasteiger partial charge on any atom is -0.481 e. The molecule has 110 valence electrons. The molecular formula is C15H17N3O2S. The lowest BCUT2D eigenvalue weighted by Gasteiger charge is -2.33. The molecule has 0 bridgehead atoms. The maximum Gasteiger partial charge on any atom is 0.306 e. The number of anilines is 1. The summed E-state index contributed by atoms with van der Waals surface area (Å²) in [7, 11) is 0. The second-order valence-electron chi connectivity index (χ2n) is 5.96. The summed E-state index contributed by atoms with van der Waals surface area (Å²) < 4.78 is 0. The van der Waals surface area contributed by atoms with E-state index in [2.05, 4.69) is 15.3 Å². The van der Waals surface area contributed by atoms with Crippen molar-refractivity contribution in [1.29, 1.82) is 0 Å². The zero-order valence-corrected chi connectivity index (χ0v) is 12.4. The van der Waals surface area contributed by atoms with E-state index < -0.39 is 5.97 Å². The first kappa shape index (κ1) is 13.0. The van der Waals surface area contributed by atoms with Gasteiger partial charge in [0.25, 0.3) is 0 Å². The van der Waals surface area contributed by atoms with E-state index in [1.165, 1.54) is 28.7 Å². The summed E-state index contributed by atoms with van der Waals surface area (Å²) in [4.78, 5) is 22.2. The first-order chi connectivity index (χ1) is 10.2. The molecule has 0 aliphatic heterocycles. The van der Waals surface area contributed by atoms with Gasteiger partial charge in [-0.1, -0.05) is 0 Å². The van der Waals surface area contributed by atoms with Crippen molar-refractivity contribution in [2.75, 3.05) is 5.32 Å². The number of nitrogens with zero attached hydrogens (tertiary/aromatic N) is 2. The van der Waals surface area contributed by atoms with Gasteiger partial charge < -0.3 is 10.4 Å². The van der Waals surface area contributed by atoms with Crippen LogP contribution in [0.3, 0.4) is 0 Å². The highest BCUT2D eigenvalue weighted by molar-refractivity contribution is 7.19. The minimum absolute atomic E-state index is 0.198. The monoisotopic (exact) mass is 303 g/mol. The van der Waals surface area contributed by atoms with Crippen molar-refractivity contribution in [3.8, 4) is 0 Å². The number of nitrogens with one attached hydrogen (secondary N) is 1. The van der Waals surface area contributed by atoms with Gasteiger partial charge in [0.05, 0.1) is 11.3 Å². The molecule has 21 heavy (non-hydrogen) atoms. The second-order valence-corrected chi connectivity index (χ2v) is 7.04. The number of thiophene rings is 1. The Morgan fingerprint density at radius 3 is 2.90 bits per heavy atom. The first-order valence-corrected chi connectivity index (χ1v) is 8.28. The molecule has 2 aliphatic carbocycles. The second kappa shape index (κ2) is 4.94. The molecule has 1 saturated carbocycles. The largest absolute Gasteiger partial charge is 0.481 e. The van der Waals surface area contributed by atoms with Crippen LogP contribution in [0.25, 0.3) is 10.2 Å². The molecule has 2 aromatic rings. The maximum absolute atomic E-state index is 10.9. The Morgan fingerprint density at radius 1 is 1.29 bits per heavy atom. The summed E-state index contributed by atoms with van der Waals surface area (Å²) in [6, 6.07) is 0.225. The normalized spacial score (nSPS) is 24.4. The summed E-state index contributed by atoms with van der Waals surface area (Å²) >= 11 is 1.79. The van der Waals surface area contributed by atoms with Gasteiger partial charge in [0.1, 0.15) is 17.0 Å². The third-order valence-electron chi connectivity index (χ3n) is 4.58. The Hall–Kier alpha value is -1.69. The van der Waals surface area contributed by atoms with Crippen molar-refractivity contribution in [1.82, 2.24) is 9.97 Å². The number of aromatic nitrogens is 2. The van der Waals surface area contributed by atoms with Crippen LogP contribution in [0.2, 0.25) is 0 Å². The van der Waals surface area contributed by atoms with E-state index in [-0.39, 0.29) is 12.0 Å². The Balaban J connectivity index is 1.63. The maximum atomic E-state index is 10.9. The average molecular weight is 303 g/mol. The van der Waals surface area contributed by atoms with Crippen LogP contribution in [0.15, 0.2) is 6.33 Å². The Kier molecular flexibility index (Phi) is 3.06. The van der Waals surface area contributed by atoms with Crippen molar-refractivity contribution in [3.63, 3.8) is 0 Å². The first-order valence-electron chi connectivity index (χ1n) is 7.47. The van der Waals surface area contributed by atoms with Crippen LogP contribution in [0.1, 0.15) is 36.1 Å². The Bertz CT molecular complexity index is 706. The van der Waals surface area contributed by atoms with Gasteiger partial charge in [-0.3, -0.25) is 4.79 Å². The number of carboxylic acid groups (broad SMARTS) is 1. The molecule has 6 heteroatoms. The Morgan fingerprint density at radius 2 is 2.10 bits per heavy atom. The van der Waals surface area contributed by atoms with Gasteiger partial charge in [-0.15, -0.1) is 11.3 Å². The Labute approximate surface area is 126 Å². The lowest BCUT2D eigenvalue weighted by atomic mass is 9.80. The number of carbonyl (C=O) groups is 1. The summed E-state index contributed by atoms with van der Waals surface area (Å²) in [6.45, 7) is 0. The third-order valence-corrected chi connectivity index (χ3v) is 5.78. The van der Waals surface area contributed by atoms with Gasteiger partial charge in [0.15, 0.2) is 0 Å². The van der Waals surface area contributed by atoms with Gasteiger partial charge >= 0.3 is 5.97 Å². The molecule has 2 N–H and O–H groups in total. The fourth-order valence-electron chi connectivity index (χ4n) is 3.33. The predicted molar refractivity (Wildman–Crippen MR) is 81.8 cm³/mol. The van der Waals surface area contributed by atoms with Crippen molar-refractivity contribution < 1.29 is 9.90 Å². The lowest BCUT2D eigenvalue weighted by Crippen LogP contribution is -2.39. The van der Waals surface area contributed by atoms with E-state index in [1.54, 1.807) is 17.7 Å². The molecule has 2 aliphatic rings. The number of hydrogen-bond donors (Lipinski definition) is 2. The number of aliphatic carboxylic acids is 1. The van der Waals surface area contributed by atoms with Crippen molar-refractivity contribution >= 4 is 33.3 Å². The van der Waals surface area contributed by atoms with E-state index in [1.807, 2.05) is 0 Å². The van der Waals surface area contributed by atoms with E-state index in [0.717, 1.165) is 23.5 Å². The molecule has 0 atom stereocenters. The fraction of sp³-hybridized carbons (Fsp3) is 0.533. The lowest BCUT2D eigenvalue weighted by molar-refractivity contribution is -0.144. The zero-order chi connectivity index (χ0) is 14.4. The fourth-order valence-corrected chi connectivity index (χ4v) is 4.56. The van der Waals surface area contributed by atoms with Crippen LogP contribution in [0.4, 0.5) is 5.82 Å². The number of fused-ring (bicyclic) bond motifs is 3. The van der Waals surface area contributed by atoms with Crippen molar-refractivity contribution in [2.24, 2.45) is 5.92 Å². The van der Waals surface area contributed by atoms with Gasteiger partial charge in [-0.2, -0.15) is 0 Å². The molecule has 0 saturated heterocycles. The minimum atomic E-state index is -0.686. The van der Waals surface area contributed by atoms with E-state index in [0.29, 0.717) is 12.8 Å². The van der Waals surface area contributed by atoms with Crippen molar-refractivity contribution in [3.05, 3.63) is 16.8 Å². The molecule has 2 aromatic heterocycles. The van der Waals surface area contributed by atoms with Gasteiger partial charge in [0.2, 0.25) is 0 Å². The average Bonchev–Trinajstić information content (AvgIpc) is 2.81. The standard InChI is InChI=1S/C15H17N3O2S/c19-15(20)8-5-9(6-8)18-13-12-10-3-1-2-4-11(10)21-14(12)17-7-16-13/h7-9H,1-6H2,(H,19,20)(H,16,17,18). The van der Waals surface area contributed by atoms with Crippen LogP contribution in [-0.2, 0) is 17.6 Å². The molecule has 0 unspecified atom stereocenters. The smallest absolute Gasteiger partial charge is 0.306 e. The number of aryl methyl sites for hydroxylation is 2. The summed E-state index contributed by atoms with van der Waals surface area (Å²) in [5.74, 6) is 0.0123. The number of hydrogen-bond acceptors (Lipinski definition) is 5. The molecule has 0 aromatic carbocycles. The highest BCUT2D eigenvalue weighted by Gasteiger charge is 2.35. The summed E-state index contributed by atoms with van der Waals surface area (Å²) in [6.07, 6.45) is 7.75. The van der Waals surface area contributed by atoms with E-state index in [4.69, 9.17) is 5.11 Å². The molecule has 1 fully saturated rings. The highest BCUT2D eigenvalue weighted by atomic mass is 32.1. The van der Waals surface area contributed by atoms with Gasteiger partial charge in [-0.25, -0.2) is 9.97 Å². The van der Waals surface area contributed by atoms with Gasteiger partial charge in [0, 0.05) is 10.9 Å². The zero-order valence-electron chi connectivity index (χ0n) is 11.6. The summed E-state index contributed by atoms with van der Waals surface area (Å²) in [5.41, 5.74) is 1.42. The number of carboxylic acids is 1. The quantitative estimate of drug-likeness (QED) is 0.912. The topological polar surface area (TPSA) is 75.1 Å². The van der Waals surface area contributed by atoms with Crippen LogP contribution in [-0.4, -0.2) is 27.1 Å². The number of rotatable bonds is 3. The molecule has 2 heterocycles. The van der Waals surface area contributed by atoms with Crippen molar-refractivity contribution in [2.45, 2.75) is 44.6 Å². The van der Waals surface area contributed by atoms with Gasteiger partial charge in [-0.05, 0) is 44.1 Å². The molecule has 5 nitrogen and oxygen atoms in total.